The predicted molar refractivity (Wildman–Crippen MR) is 80.8 cm³/mol. The molecular weight excluding hydrogens is 271 g/mol. The number of carbonyl (C=O) groups is 1. The van der Waals surface area contributed by atoms with Crippen LogP contribution in [0.4, 0.5) is 15.8 Å². The molecule has 0 aliphatic rings. The number of phenolic OH excluding ortho intramolecular Hbond substituents is 1. The van der Waals surface area contributed by atoms with Crippen molar-refractivity contribution in [2.75, 3.05) is 10.6 Å². The fraction of sp³-hybridized carbons (Fsp3) is 0.188. The van der Waals surface area contributed by atoms with Gasteiger partial charge in [0, 0.05) is 29.9 Å². The minimum atomic E-state index is -0.469. The van der Waals surface area contributed by atoms with E-state index in [-0.39, 0.29) is 17.7 Å². The molecule has 0 aliphatic carbocycles. The average Bonchev–Trinajstić information content (AvgIpc) is 2.40. The number of nitrogens with one attached hydrogen (secondary N) is 2. The first-order valence-electron chi connectivity index (χ1n) is 6.58. The lowest BCUT2D eigenvalue weighted by Crippen LogP contribution is -2.08. The molecule has 2 aromatic carbocycles. The summed E-state index contributed by atoms with van der Waals surface area (Å²) in [7, 11) is 0. The number of rotatable bonds is 4. The quantitative estimate of drug-likeness (QED) is 0.804. The van der Waals surface area contributed by atoms with E-state index in [9.17, 15) is 14.3 Å². The lowest BCUT2D eigenvalue weighted by Gasteiger charge is -2.17. The first kappa shape index (κ1) is 14.8. The first-order valence-corrected chi connectivity index (χ1v) is 6.58. The third-order valence-electron chi connectivity index (χ3n) is 3.05. The molecule has 3 N–H and O–H groups in total. The molecule has 4 nitrogen and oxygen atoms in total. The summed E-state index contributed by atoms with van der Waals surface area (Å²) in [5.74, 6) is -0.673. The number of phenols is 1. The number of amides is 1. The molecule has 0 aliphatic heterocycles. The van der Waals surface area contributed by atoms with Crippen molar-refractivity contribution in [3.8, 4) is 5.75 Å². The van der Waals surface area contributed by atoms with Crippen molar-refractivity contribution < 1.29 is 14.3 Å². The number of anilines is 2. The number of halogens is 1. The van der Waals surface area contributed by atoms with Gasteiger partial charge in [0.15, 0.2) is 0 Å². The second kappa shape index (κ2) is 6.26. The summed E-state index contributed by atoms with van der Waals surface area (Å²) < 4.78 is 13.0. The smallest absolute Gasteiger partial charge is 0.221 e. The Morgan fingerprint density at radius 2 is 1.76 bits per heavy atom. The molecule has 110 valence electrons. The van der Waals surface area contributed by atoms with Gasteiger partial charge in [-0.3, -0.25) is 4.79 Å². The summed E-state index contributed by atoms with van der Waals surface area (Å²) in [4.78, 5) is 10.9. The molecule has 0 bridgehead atoms. The molecule has 0 saturated heterocycles. The van der Waals surface area contributed by atoms with E-state index >= 15 is 0 Å². The van der Waals surface area contributed by atoms with Gasteiger partial charge in [-0.25, -0.2) is 4.39 Å². The Labute approximate surface area is 122 Å². The Kier molecular flexibility index (Phi) is 4.42. The molecule has 5 heteroatoms. The number of aromatic hydroxyl groups is 1. The number of benzene rings is 2. The summed E-state index contributed by atoms with van der Waals surface area (Å²) in [6.45, 7) is 3.32. The Balaban J connectivity index is 2.08. The van der Waals surface area contributed by atoms with Crippen LogP contribution in [-0.4, -0.2) is 11.0 Å². The number of hydrogen-bond donors (Lipinski definition) is 3. The number of carbonyl (C=O) groups excluding carboxylic acids is 1. The van der Waals surface area contributed by atoms with Crippen molar-refractivity contribution in [3.05, 3.63) is 53.8 Å². The summed E-state index contributed by atoms with van der Waals surface area (Å²) in [6.07, 6.45) is 0. The number of hydrogen-bond acceptors (Lipinski definition) is 3. The molecule has 1 atom stereocenters. The molecular formula is C16H17FN2O2. The van der Waals surface area contributed by atoms with E-state index < -0.39 is 5.82 Å². The Hall–Kier alpha value is -2.56. The van der Waals surface area contributed by atoms with E-state index in [4.69, 9.17) is 0 Å². The molecule has 0 fully saturated rings. The highest BCUT2D eigenvalue weighted by molar-refractivity contribution is 5.88. The summed E-state index contributed by atoms with van der Waals surface area (Å²) in [5, 5.41) is 15.6. The zero-order valence-corrected chi connectivity index (χ0v) is 11.9. The monoisotopic (exact) mass is 288 g/mol. The second-order valence-corrected chi connectivity index (χ2v) is 4.83. The summed E-state index contributed by atoms with van der Waals surface area (Å²) in [5.41, 5.74) is 2.16. The molecule has 0 spiro atoms. The van der Waals surface area contributed by atoms with Gasteiger partial charge >= 0.3 is 0 Å². The fourth-order valence-corrected chi connectivity index (χ4v) is 2.06. The van der Waals surface area contributed by atoms with E-state index in [2.05, 4.69) is 10.6 Å². The van der Waals surface area contributed by atoms with Crippen LogP contribution in [-0.2, 0) is 4.79 Å². The SMILES string of the molecule is CC(=O)Nc1ccc(NC(C)c2ccc(F)cc2O)cc1. The molecule has 0 aromatic heterocycles. The maximum Gasteiger partial charge on any atom is 0.221 e. The highest BCUT2D eigenvalue weighted by Gasteiger charge is 2.11. The van der Waals surface area contributed by atoms with Crippen LogP contribution in [0.2, 0.25) is 0 Å². The van der Waals surface area contributed by atoms with Gasteiger partial charge in [-0.2, -0.15) is 0 Å². The van der Waals surface area contributed by atoms with Crippen LogP contribution in [0.1, 0.15) is 25.5 Å². The second-order valence-electron chi connectivity index (χ2n) is 4.83. The van der Waals surface area contributed by atoms with E-state index in [0.29, 0.717) is 11.3 Å². The van der Waals surface area contributed by atoms with Crippen LogP contribution in [0.5, 0.6) is 5.75 Å². The molecule has 1 amide bonds. The minimum Gasteiger partial charge on any atom is -0.507 e. The van der Waals surface area contributed by atoms with E-state index in [0.717, 1.165) is 11.8 Å². The van der Waals surface area contributed by atoms with Crippen LogP contribution in [0.15, 0.2) is 42.5 Å². The zero-order valence-electron chi connectivity index (χ0n) is 11.9. The van der Waals surface area contributed by atoms with Crippen LogP contribution >= 0.6 is 0 Å². The van der Waals surface area contributed by atoms with Gasteiger partial charge in [0.2, 0.25) is 5.91 Å². The largest absolute Gasteiger partial charge is 0.507 e. The lowest BCUT2D eigenvalue weighted by molar-refractivity contribution is -0.114. The van der Waals surface area contributed by atoms with Crippen LogP contribution in [0.3, 0.4) is 0 Å². The van der Waals surface area contributed by atoms with Gasteiger partial charge in [-0.15, -0.1) is 0 Å². The Bertz CT molecular complexity index is 641. The Morgan fingerprint density at radius 1 is 1.14 bits per heavy atom. The average molecular weight is 288 g/mol. The molecule has 0 heterocycles. The molecule has 1 unspecified atom stereocenters. The van der Waals surface area contributed by atoms with Crippen molar-refractivity contribution in [2.24, 2.45) is 0 Å². The maximum absolute atomic E-state index is 13.0. The van der Waals surface area contributed by atoms with E-state index in [1.54, 1.807) is 18.2 Å². The normalized spacial score (nSPS) is 11.8. The van der Waals surface area contributed by atoms with E-state index in [1.807, 2.05) is 19.1 Å². The van der Waals surface area contributed by atoms with Gasteiger partial charge in [-0.1, -0.05) is 6.07 Å². The summed E-state index contributed by atoms with van der Waals surface area (Å²) >= 11 is 0. The third kappa shape index (κ3) is 3.95. The lowest BCUT2D eigenvalue weighted by atomic mass is 10.1. The molecule has 2 rings (SSSR count). The van der Waals surface area contributed by atoms with Gasteiger partial charge in [0.25, 0.3) is 0 Å². The van der Waals surface area contributed by atoms with Gasteiger partial charge in [0.05, 0.1) is 6.04 Å². The maximum atomic E-state index is 13.0. The third-order valence-corrected chi connectivity index (χ3v) is 3.05. The predicted octanol–water partition coefficient (Wildman–Crippen LogP) is 3.66. The van der Waals surface area contributed by atoms with Gasteiger partial charge < -0.3 is 15.7 Å². The molecule has 21 heavy (non-hydrogen) atoms. The first-order chi connectivity index (χ1) is 9.95. The van der Waals surface area contributed by atoms with Crippen molar-refractivity contribution in [2.45, 2.75) is 19.9 Å². The van der Waals surface area contributed by atoms with E-state index in [1.165, 1.54) is 13.0 Å². The van der Waals surface area contributed by atoms with Crippen LogP contribution in [0.25, 0.3) is 0 Å². The van der Waals surface area contributed by atoms with Crippen molar-refractivity contribution in [1.29, 1.82) is 0 Å². The fourth-order valence-electron chi connectivity index (χ4n) is 2.06. The summed E-state index contributed by atoms with van der Waals surface area (Å²) in [6, 6.07) is 11.0. The Morgan fingerprint density at radius 3 is 2.33 bits per heavy atom. The van der Waals surface area contributed by atoms with Gasteiger partial charge in [-0.05, 0) is 37.3 Å². The standard InChI is InChI=1S/C16H17FN2O2/c1-10(15-8-3-12(17)9-16(15)21)18-13-4-6-14(7-5-13)19-11(2)20/h3-10,18,21H,1-2H3,(H,19,20). The van der Waals surface area contributed by atoms with Crippen molar-refractivity contribution in [3.63, 3.8) is 0 Å². The molecule has 0 radical (unpaired) electrons. The highest BCUT2D eigenvalue weighted by atomic mass is 19.1. The highest BCUT2D eigenvalue weighted by Crippen LogP contribution is 2.27. The van der Waals surface area contributed by atoms with Crippen molar-refractivity contribution in [1.82, 2.24) is 0 Å². The van der Waals surface area contributed by atoms with Crippen LogP contribution in [0, 0.1) is 5.82 Å². The topological polar surface area (TPSA) is 61.4 Å². The molecule has 0 saturated carbocycles. The van der Waals surface area contributed by atoms with Crippen molar-refractivity contribution >= 4 is 17.3 Å². The van der Waals surface area contributed by atoms with Crippen LogP contribution < -0.4 is 10.6 Å². The zero-order chi connectivity index (χ0) is 15.4. The minimum absolute atomic E-state index is 0.0788. The van der Waals surface area contributed by atoms with Gasteiger partial charge in [0.1, 0.15) is 11.6 Å². The molecule has 2 aromatic rings.